The maximum absolute atomic E-state index is 2.47. The summed E-state index contributed by atoms with van der Waals surface area (Å²) in [6.45, 7) is 18.0. The lowest BCUT2D eigenvalue weighted by molar-refractivity contribution is 0.660. The molecule has 0 atom stereocenters. The highest BCUT2D eigenvalue weighted by Gasteiger charge is 2.36. The maximum atomic E-state index is 2.47. The van der Waals surface area contributed by atoms with Gasteiger partial charge < -0.3 is 0 Å². The molecule has 0 fully saturated rings. The van der Waals surface area contributed by atoms with Gasteiger partial charge in [-0.15, -0.1) is 0 Å². The van der Waals surface area contributed by atoms with Crippen molar-refractivity contribution in [3.63, 3.8) is 0 Å². The van der Waals surface area contributed by atoms with Crippen LogP contribution in [0.15, 0.2) is 194 Å². The normalized spacial score (nSPS) is 12.3. The molecule has 63 heavy (non-hydrogen) atoms. The van der Waals surface area contributed by atoms with Crippen molar-refractivity contribution >= 4 is 0 Å². The second-order valence-corrected chi connectivity index (χ2v) is 18.0. The van der Waals surface area contributed by atoms with E-state index in [0.29, 0.717) is 0 Å². The van der Waals surface area contributed by atoms with Crippen LogP contribution >= 0.6 is 0 Å². The summed E-state index contributed by atoms with van der Waals surface area (Å²) in [6, 6.07) is 71.6. The molecule has 9 aromatic carbocycles. The minimum Gasteiger partial charge on any atom is -0.0622 e. The van der Waals surface area contributed by atoms with E-state index in [1.54, 1.807) is 0 Å². The van der Waals surface area contributed by atoms with Gasteiger partial charge in [0.05, 0.1) is 0 Å². The van der Waals surface area contributed by atoms with Crippen LogP contribution in [0.5, 0.6) is 0 Å². The van der Waals surface area contributed by atoms with E-state index < -0.39 is 0 Å². The summed E-state index contributed by atoms with van der Waals surface area (Å²) in [5.74, 6) is 0. The molecular weight excluding hydrogens is 757 g/mol. The van der Waals surface area contributed by atoms with Gasteiger partial charge in [0, 0.05) is 5.41 Å². The van der Waals surface area contributed by atoms with Crippen molar-refractivity contribution in [1.29, 1.82) is 0 Å². The van der Waals surface area contributed by atoms with E-state index in [4.69, 9.17) is 0 Å². The average molecular weight is 813 g/mol. The Bertz CT molecular complexity index is 3140. The van der Waals surface area contributed by atoms with Crippen molar-refractivity contribution in [2.75, 3.05) is 0 Å². The van der Waals surface area contributed by atoms with Gasteiger partial charge in [0.15, 0.2) is 0 Å². The zero-order chi connectivity index (χ0) is 43.8. The summed E-state index contributed by atoms with van der Waals surface area (Å²) in [6.07, 6.45) is 0. The Labute approximate surface area is 375 Å². The van der Waals surface area contributed by atoms with E-state index in [0.717, 1.165) is 0 Å². The monoisotopic (exact) mass is 812 g/mol. The molecule has 0 saturated carbocycles. The third-order valence-electron chi connectivity index (χ3n) is 13.5. The minimum absolute atomic E-state index is 0.0679. The van der Waals surface area contributed by atoms with Crippen LogP contribution in [0.2, 0.25) is 0 Å². The molecule has 0 N–H and O–H groups in total. The summed E-state index contributed by atoms with van der Waals surface area (Å²) in [4.78, 5) is 0. The smallest absolute Gasteiger partial charge is 0.0159 e. The number of hydrogen-bond donors (Lipinski definition) is 0. The van der Waals surface area contributed by atoms with E-state index >= 15 is 0 Å². The molecule has 0 heterocycles. The lowest BCUT2D eigenvalue weighted by Gasteiger charge is -2.22. The lowest BCUT2D eigenvalue weighted by atomic mass is 9.81. The number of rotatable bonds is 6. The SMILES string of the molecule is Cc1ccccc1.Cc1ccccc1-c1cc(-c2ccc(C)c(-c3ccccc3-c3cc(-c4cccc5c4-c4ccccc4C5(C)C)cc(-c4ccccc4C)c3C)c2)ccc1C. The number of hydrogen-bond acceptors (Lipinski definition) is 0. The summed E-state index contributed by atoms with van der Waals surface area (Å²) >= 11 is 0. The molecule has 0 saturated heterocycles. The second kappa shape index (κ2) is 17.0. The summed E-state index contributed by atoms with van der Waals surface area (Å²) in [7, 11) is 0. The van der Waals surface area contributed by atoms with Crippen molar-refractivity contribution in [2.24, 2.45) is 0 Å². The average Bonchev–Trinajstić information content (AvgIpc) is 3.54. The summed E-state index contributed by atoms with van der Waals surface area (Å²) in [5, 5.41) is 0. The molecule has 0 unspecified atom stereocenters. The Balaban J connectivity index is 0.000000658. The molecular formula is C63H56. The van der Waals surface area contributed by atoms with Gasteiger partial charge in [-0.1, -0.05) is 189 Å². The quantitative estimate of drug-likeness (QED) is 0.157. The van der Waals surface area contributed by atoms with Gasteiger partial charge in [0.1, 0.15) is 0 Å². The van der Waals surface area contributed by atoms with E-state index in [-0.39, 0.29) is 5.41 Å². The maximum Gasteiger partial charge on any atom is 0.0159 e. The van der Waals surface area contributed by atoms with Crippen LogP contribution in [-0.4, -0.2) is 0 Å². The van der Waals surface area contributed by atoms with Crippen LogP contribution < -0.4 is 0 Å². The van der Waals surface area contributed by atoms with E-state index in [2.05, 4.69) is 231 Å². The van der Waals surface area contributed by atoms with E-state index in [1.165, 1.54) is 122 Å². The molecule has 1 aliphatic rings. The fraction of sp³-hybridized carbons (Fsp3) is 0.143. The van der Waals surface area contributed by atoms with Crippen molar-refractivity contribution in [3.05, 3.63) is 239 Å². The van der Waals surface area contributed by atoms with Gasteiger partial charge in [-0.3, -0.25) is 0 Å². The molecule has 0 nitrogen and oxygen atoms in total. The van der Waals surface area contributed by atoms with Crippen LogP contribution in [-0.2, 0) is 5.41 Å². The Morgan fingerprint density at radius 1 is 0.270 bits per heavy atom. The van der Waals surface area contributed by atoms with Crippen LogP contribution in [0.4, 0.5) is 0 Å². The highest BCUT2D eigenvalue weighted by atomic mass is 14.4. The Morgan fingerprint density at radius 3 is 1.22 bits per heavy atom. The molecule has 0 bridgehead atoms. The Kier molecular flexibility index (Phi) is 11.2. The third-order valence-corrected chi connectivity index (χ3v) is 13.5. The van der Waals surface area contributed by atoms with Gasteiger partial charge in [-0.2, -0.15) is 0 Å². The Hall–Kier alpha value is -7.02. The minimum atomic E-state index is -0.0679. The lowest BCUT2D eigenvalue weighted by Crippen LogP contribution is -2.14. The molecule has 0 radical (unpaired) electrons. The molecule has 308 valence electrons. The van der Waals surface area contributed by atoms with E-state index in [1.807, 2.05) is 18.2 Å². The highest BCUT2D eigenvalue weighted by molar-refractivity contribution is 5.97. The summed E-state index contributed by atoms with van der Waals surface area (Å²) in [5.41, 5.74) is 28.3. The van der Waals surface area contributed by atoms with Gasteiger partial charge >= 0.3 is 0 Å². The molecule has 10 rings (SSSR count). The summed E-state index contributed by atoms with van der Waals surface area (Å²) < 4.78 is 0. The zero-order valence-electron chi connectivity index (χ0n) is 38.0. The van der Waals surface area contributed by atoms with Crippen molar-refractivity contribution in [1.82, 2.24) is 0 Å². The fourth-order valence-electron chi connectivity index (χ4n) is 9.85. The van der Waals surface area contributed by atoms with E-state index in [9.17, 15) is 0 Å². The second-order valence-electron chi connectivity index (χ2n) is 18.0. The van der Waals surface area contributed by atoms with Gasteiger partial charge in [-0.25, -0.2) is 0 Å². The number of fused-ring (bicyclic) bond motifs is 3. The standard InChI is InChI=1S/C56H48.C7H8/c1-35-17-8-10-19-43(35)49-31-40(29-27-37(49)3)41-30-28-38(4)50(32-41)46-21-12-13-22-47(46)52-34-42(33-51(39(52)5)44-20-11-9-18-36(44)2)45-24-16-26-54-55(45)48-23-14-15-25-53(48)56(54,6)7;1-7-5-3-2-4-6-7/h8-34H,1-7H3;2-6H,1H3. The molecule has 0 heteroatoms. The molecule has 0 spiro atoms. The Morgan fingerprint density at radius 2 is 0.667 bits per heavy atom. The first-order chi connectivity index (χ1) is 30.5. The van der Waals surface area contributed by atoms with Crippen LogP contribution in [0.1, 0.15) is 58.4 Å². The van der Waals surface area contributed by atoms with Gasteiger partial charge in [0.25, 0.3) is 0 Å². The first-order valence-electron chi connectivity index (χ1n) is 22.3. The number of benzene rings is 9. The van der Waals surface area contributed by atoms with Crippen molar-refractivity contribution in [3.8, 4) is 77.9 Å². The van der Waals surface area contributed by atoms with Crippen LogP contribution in [0.25, 0.3) is 77.9 Å². The highest BCUT2D eigenvalue weighted by Crippen LogP contribution is 2.53. The number of aryl methyl sites for hydroxylation is 5. The van der Waals surface area contributed by atoms with Gasteiger partial charge in [-0.05, 0) is 183 Å². The molecule has 0 aliphatic heterocycles. The third kappa shape index (κ3) is 7.76. The first-order valence-corrected chi connectivity index (χ1v) is 22.3. The fourth-order valence-corrected chi connectivity index (χ4v) is 9.85. The van der Waals surface area contributed by atoms with Crippen LogP contribution in [0, 0.1) is 41.5 Å². The van der Waals surface area contributed by atoms with Gasteiger partial charge in [0.2, 0.25) is 0 Å². The molecule has 1 aliphatic carbocycles. The first kappa shape index (κ1) is 41.3. The van der Waals surface area contributed by atoms with Crippen LogP contribution in [0.3, 0.4) is 0 Å². The van der Waals surface area contributed by atoms with Crippen molar-refractivity contribution < 1.29 is 0 Å². The molecule has 0 amide bonds. The zero-order valence-corrected chi connectivity index (χ0v) is 38.0. The molecule has 9 aromatic rings. The topological polar surface area (TPSA) is 0 Å². The molecule has 0 aromatic heterocycles. The predicted octanol–water partition coefficient (Wildman–Crippen LogP) is 17.5. The predicted molar refractivity (Wildman–Crippen MR) is 271 cm³/mol. The largest absolute Gasteiger partial charge is 0.0622 e. The van der Waals surface area contributed by atoms with Crippen molar-refractivity contribution in [2.45, 2.75) is 60.8 Å².